The van der Waals surface area contributed by atoms with Crippen molar-refractivity contribution in [2.24, 2.45) is 0 Å². The molecule has 0 bridgehead atoms. The van der Waals surface area contributed by atoms with Gasteiger partial charge >= 0.3 is 0 Å². The van der Waals surface area contributed by atoms with E-state index in [-0.39, 0.29) is 17.5 Å². The average molecular weight is 244 g/mol. The van der Waals surface area contributed by atoms with Crippen LogP contribution in [0.2, 0.25) is 0 Å². The fraction of sp³-hybridized carbons (Fsp3) is 0.286. The second-order valence-electron chi connectivity index (χ2n) is 4.67. The number of pyridine rings is 1. The van der Waals surface area contributed by atoms with Crippen LogP contribution in [0.15, 0.2) is 29.1 Å². The quantitative estimate of drug-likeness (QED) is 0.848. The van der Waals surface area contributed by atoms with Crippen molar-refractivity contribution >= 4 is 16.8 Å². The van der Waals surface area contributed by atoms with Gasteiger partial charge in [0.25, 0.3) is 5.91 Å². The van der Waals surface area contributed by atoms with Crippen LogP contribution in [0.3, 0.4) is 0 Å². The monoisotopic (exact) mass is 244 g/mol. The highest BCUT2D eigenvalue weighted by Gasteiger charge is 2.13. The highest BCUT2D eigenvalue weighted by atomic mass is 16.2. The molecule has 94 valence electrons. The molecule has 0 aliphatic rings. The van der Waals surface area contributed by atoms with Gasteiger partial charge in [0.15, 0.2) is 0 Å². The summed E-state index contributed by atoms with van der Waals surface area (Å²) >= 11 is 0. The zero-order valence-corrected chi connectivity index (χ0v) is 10.7. The minimum atomic E-state index is -0.259. The van der Waals surface area contributed by atoms with Crippen LogP contribution in [-0.4, -0.2) is 16.9 Å². The number of aromatic amines is 1. The van der Waals surface area contributed by atoms with Crippen LogP contribution in [0, 0.1) is 6.92 Å². The summed E-state index contributed by atoms with van der Waals surface area (Å²) in [7, 11) is 0. The molecule has 4 heteroatoms. The number of carbonyl (C=O) groups is 1. The lowest BCUT2D eigenvalue weighted by Gasteiger charge is -2.11. The van der Waals surface area contributed by atoms with E-state index in [1.807, 2.05) is 39.0 Å². The van der Waals surface area contributed by atoms with E-state index >= 15 is 0 Å². The molecule has 0 unspecified atom stereocenters. The first-order valence-electron chi connectivity index (χ1n) is 5.92. The number of benzene rings is 1. The van der Waals surface area contributed by atoms with Gasteiger partial charge in [0.05, 0.1) is 11.1 Å². The summed E-state index contributed by atoms with van der Waals surface area (Å²) in [4.78, 5) is 26.5. The highest BCUT2D eigenvalue weighted by Crippen LogP contribution is 2.18. The number of H-pyrrole nitrogens is 1. The number of aryl methyl sites for hydroxylation is 1. The Morgan fingerprint density at radius 1 is 1.33 bits per heavy atom. The van der Waals surface area contributed by atoms with E-state index in [2.05, 4.69) is 10.3 Å². The number of fused-ring (bicyclic) bond motifs is 1. The third-order valence-corrected chi connectivity index (χ3v) is 2.75. The number of hydrogen-bond donors (Lipinski definition) is 2. The lowest BCUT2D eigenvalue weighted by Crippen LogP contribution is -2.31. The molecular formula is C14H16N2O2. The largest absolute Gasteiger partial charge is 0.350 e. The van der Waals surface area contributed by atoms with E-state index < -0.39 is 0 Å². The second-order valence-corrected chi connectivity index (χ2v) is 4.67. The smallest absolute Gasteiger partial charge is 0.252 e. The summed E-state index contributed by atoms with van der Waals surface area (Å²) in [6.45, 7) is 5.68. The van der Waals surface area contributed by atoms with Gasteiger partial charge in [-0.15, -0.1) is 0 Å². The van der Waals surface area contributed by atoms with Crippen molar-refractivity contribution in [3.8, 4) is 0 Å². The molecule has 0 spiro atoms. The van der Waals surface area contributed by atoms with Gasteiger partial charge in [-0.3, -0.25) is 9.59 Å². The molecule has 2 rings (SSSR count). The molecule has 0 atom stereocenters. The summed E-state index contributed by atoms with van der Waals surface area (Å²) in [5.41, 5.74) is 1.83. The zero-order valence-electron chi connectivity index (χ0n) is 10.7. The Morgan fingerprint density at radius 2 is 2.06 bits per heavy atom. The van der Waals surface area contributed by atoms with Gasteiger partial charge in [-0.25, -0.2) is 0 Å². The number of para-hydroxylation sites is 1. The molecule has 4 nitrogen and oxygen atoms in total. The standard InChI is InChI=1S/C14H16N2O2/c1-8(2)15-14(18)11-7-12(17)16-13-9(3)5-4-6-10(11)13/h4-8H,1-3H3,(H,15,18)(H,16,17). The molecule has 0 saturated heterocycles. The molecular weight excluding hydrogens is 228 g/mol. The Hall–Kier alpha value is -2.10. The summed E-state index contributed by atoms with van der Waals surface area (Å²) in [5, 5.41) is 3.58. The maximum Gasteiger partial charge on any atom is 0.252 e. The van der Waals surface area contributed by atoms with Gasteiger partial charge in [-0.05, 0) is 26.3 Å². The lowest BCUT2D eigenvalue weighted by molar-refractivity contribution is 0.0944. The van der Waals surface area contributed by atoms with Gasteiger partial charge in [-0.2, -0.15) is 0 Å². The number of aromatic nitrogens is 1. The fourth-order valence-corrected chi connectivity index (χ4v) is 1.95. The molecule has 18 heavy (non-hydrogen) atoms. The van der Waals surface area contributed by atoms with E-state index in [1.54, 1.807) is 0 Å². The van der Waals surface area contributed by atoms with Crippen LogP contribution in [0.1, 0.15) is 29.8 Å². The Labute approximate surface area is 105 Å². The number of carbonyl (C=O) groups excluding carboxylic acids is 1. The van der Waals surface area contributed by atoms with Crippen LogP contribution < -0.4 is 10.9 Å². The molecule has 2 aromatic rings. The zero-order chi connectivity index (χ0) is 13.3. The van der Waals surface area contributed by atoms with Crippen molar-refractivity contribution in [2.45, 2.75) is 26.8 Å². The van der Waals surface area contributed by atoms with E-state index in [4.69, 9.17) is 0 Å². The summed E-state index contributed by atoms with van der Waals surface area (Å²) in [6.07, 6.45) is 0. The van der Waals surface area contributed by atoms with Crippen molar-refractivity contribution < 1.29 is 4.79 Å². The van der Waals surface area contributed by atoms with Crippen molar-refractivity contribution in [3.63, 3.8) is 0 Å². The van der Waals surface area contributed by atoms with Crippen molar-refractivity contribution in [1.82, 2.24) is 10.3 Å². The van der Waals surface area contributed by atoms with E-state index in [1.165, 1.54) is 6.07 Å². The third-order valence-electron chi connectivity index (χ3n) is 2.75. The first-order chi connectivity index (χ1) is 8.49. The average Bonchev–Trinajstić information content (AvgIpc) is 2.28. The van der Waals surface area contributed by atoms with Crippen LogP contribution in [0.4, 0.5) is 0 Å². The van der Waals surface area contributed by atoms with Gasteiger partial charge in [0, 0.05) is 17.5 Å². The first-order valence-corrected chi connectivity index (χ1v) is 5.92. The Morgan fingerprint density at radius 3 is 2.72 bits per heavy atom. The molecule has 1 amide bonds. The van der Waals surface area contributed by atoms with Crippen LogP contribution >= 0.6 is 0 Å². The second kappa shape index (κ2) is 4.64. The molecule has 0 aliphatic carbocycles. The Bertz CT molecular complexity index is 656. The Kier molecular flexibility index (Phi) is 3.19. The topological polar surface area (TPSA) is 62.0 Å². The van der Waals surface area contributed by atoms with Gasteiger partial charge in [0.2, 0.25) is 5.56 Å². The van der Waals surface area contributed by atoms with Gasteiger partial charge in [0.1, 0.15) is 0 Å². The molecule has 1 aromatic heterocycles. The number of amides is 1. The van der Waals surface area contributed by atoms with Gasteiger partial charge in [-0.1, -0.05) is 18.2 Å². The summed E-state index contributed by atoms with van der Waals surface area (Å²) < 4.78 is 0. The number of rotatable bonds is 2. The van der Waals surface area contributed by atoms with Crippen LogP contribution in [0.25, 0.3) is 10.9 Å². The van der Waals surface area contributed by atoms with Crippen molar-refractivity contribution in [2.75, 3.05) is 0 Å². The third kappa shape index (κ3) is 2.27. The SMILES string of the molecule is Cc1cccc2c(C(=O)NC(C)C)cc(=O)[nH]c12. The maximum atomic E-state index is 12.1. The molecule has 2 N–H and O–H groups in total. The predicted molar refractivity (Wildman–Crippen MR) is 71.9 cm³/mol. The first kappa shape index (κ1) is 12.4. The van der Waals surface area contributed by atoms with E-state index in [0.29, 0.717) is 5.56 Å². The molecule has 0 radical (unpaired) electrons. The molecule has 0 saturated carbocycles. The number of nitrogens with one attached hydrogen (secondary N) is 2. The number of hydrogen-bond acceptors (Lipinski definition) is 2. The fourth-order valence-electron chi connectivity index (χ4n) is 1.95. The summed E-state index contributed by atoms with van der Waals surface area (Å²) in [6, 6.07) is 7.01. The molecule has 1 heterocycles. The van der Waals surface area contributed by atoms with Crippen LogP contribution in [0.5, 0.6) is 0 Å². The van der Waals surface area contributed by atoms with E-state index in [9.17, 15) is 9.59 Å². The Balaban J connectivity index is 2.67. The minimum absolute atomic E-state index is 0.0386. The molecule has 1 aromatic carbocycles. The van der Waals surface area contributed by atoms with Crippen molar-refractivity contribution in [3.05, 3.63) is 45.7 Å². The van der Waals surface area contributed by atoms with E-state index in [0.717, 1.165) is 16.5 Å². The van der Waals surface area contributed by atoms with Gasteiger partial charge < -0.3 is 10.3 Å². The predicted octanol–water partition coefficient (Wildman–Crippen LogP) is 1.97. The maximum absolute atomic E-state index is 12.1. The molecule has 0 aliphatic heterocycles. The summed E-state index contributed by atoms with van der Waals surface area (Å²) in [5.74, 6) is -0.216. The normalized spacial score (nSPS) is 10.9. The van der Waals surface area contributed by atoms with Crippen molar-refractivity contribution in [1.29, 1.82) is 0 Å². The molecule has 0 fully saturated rings. The lowest BCUT2D eigenvalue weighted by atomic mass is 10.1. The highest BCUT2D eigenvalue weighted by molar-refractivity contribution is 6.06. The minimum Gasteiger partial charge on any atom is -0.350 e. The van der Waals surface area contributed by atoms with Crippen LogP contribution in [-0.2, 0) is 0 Å².